The average Bonchev–Trinajstić information content (AvgIpc) is 2.06. The van der Waals surface area contributed by atoms with Gasteiger partial charge in [0.05, 0.1) is 0 Å². The van der Waals surface area contributed by atoms with Crippen molar-refractivity contribution in [2.24, 2.45) is 5.73 Å². The number of nitrogens with two attached hydrogens (primary N) is 1. The van der Waals surface area contributed by atoms with Gasteiger partial charge in [0.25, 0.3) is 0 Å². The first-order valence-corrected chi connectivity index (χ1v) is 4.86. The van der Waals surface area contributed by atoms with Gasteiger partial charge in [-0.3, -0.25) is 0 Å². The van der Waals surface area contributed by atoms with Crippen LogP contribution in [0.2, 0.25) is 0 Å². The molecule has 0 atom stereocenters. The molecule has 0 spiro atoms. The molecular formula is C12H21N. The zero-order valence-electron chi connectivity index (χ0n) is 9.17. The second kappa shape index (κ2) is 5.76. The molecule has 0 aliphatic heterocycles. The molecule has 0 amide bonds. The smallest absolute Gasteiger partial charge is 0.0352 e. The van der Waals surface area contributed by atoms with Crippen LogP contribution in [0, 0.1) is 0 Å². The van der Waals surface area contributed by atoms with Gasteiger partial charge in [-0.1, -0.05) is 50.6 Å². The molecule has 0 aromatic heterocycles. The van der Waals surface area contributed by atoms with Crippen molar-refractivity contribution in [3.05, 3.63) is 35.9 Å². The van der Waals surface area contributed by atoms with Crippen LogP contribution in [-0.2, 0) is 5.54 Å². The summed E-state index contributed by atoms with van der Waals surface area (Å²) in [7, 11) is 0. The van der Waals surface area contributed by atoms with E-state index in [2.05, 4.69) is 13.8 Å². The van der Waals surface area contributed by atoms with E-state index in [4.69, 9.17) is 5.73 Å². The lowest BCUT2D eigenvalue weighted by molar-refractivity contribution is 0.554. The predicted octanol–water partition coefficient (Wildman–Crippen LogP) is 3.30. The summed E-state index contributed by atoms with van der Waals surface area (Å²) in [6, 6.07) is 10.1. The van der Waals surface area contributed by atoms with Crippen molar-refractivity contribution < 1.29 is 0 Å². The Kier molecular flexibility index (Phi) is 5.40. The third-order valence-corrected chi connectivity index (χ3v) is 1.52. The van der Waals surface area contributed by atoms with Gasteiger partial charge in [0.1, 0.15) is 0 Å². The summed E-state index contributed by atoms with van der Waals surface area (Å²) in [5, 5.41) is 0. The molecule has 0 aliphatic carbocycles. The quantitative estimate of drug-likeness (QED) is 0.703. The molecule has 0 unspecified atom stereocenters. The molecule has 0 bridgehead atoms. The van der Waals surface area contributed by atoms with Crippen molar-refractivity contribution in [2.75, 3.05) is 0 Å². The normalized spacial score (nSPS) is 10.2. The van der Waals surface area contributed by atoms with Crippen molar-refractivity contribution in [2.45, 2.75) is 39.7 Å². The van der Waals surface area contributed by atoms with Crippen LogP contribution in [0.1, 0.15) is 39.7 Å². The fourth-order valence-electron chi connectivity index (χ4n) is 0.868. The summed E-state index contributed by atoms with van der Waals surface area (Å²) >= 11 is 0. The van der Waals surface area contributed by atoms with E-state index in [0.29, 0.717) is 0 Å². The van der Waals surface area contributed by atoms with E-state index in [9.17, 15) is 0 Å². The molecule has 0 fully saturated rings. The van der Waals surface area contributed by atoms with Crippen LogP contribution in [0.25, 0.3) is 0 Å². The zero-order chi connectivity index (χ0) is 10.3. The van der Waals surface area contributed by atoms with E-state index in [1.54, 1.807) is 0 Å². The SMILES string of the molecule is CC(C)(N)c1ccccc1.CCC. The largest absolute Gasteiger partial charge is 0.322 e. The van der Waals surface area contributed by atoms with Gasteiger partial charge >= 0.3 is 0 Å². The van der Waals surface area contributed by atoms with Gasteiger partial charge in [-0.2, -0.15) is 0 Å². The lowest BCUT2D eigenvalue weighted by atomic mass is 9.96. The average molecular weight is 179 g/mol. The molecule has 1 aromatic rings. The molecule has 1 aromatic carbocycles. The highest BCUT2D eigenvalue weighted by Crippen LogP contribution is 2.14. The maximum atomic E-state index is 5.86. The lowest BCUT2D eigenvalue weighted by Gasteiger charge is -2.18. The number of benzene rings is 1. The Morgan fingerprint density at radius 1 is 1.08 bits per heavy atom. The molecule has 2 N–H and O–H groups in total. The van der Waals surface area contributed by atoms with Crippen molar-refractivity contribution >= 4 is 0 Å². The first-order valence-electron chi connectivity index (χ1n) is 4.86. The Hall–Kier alpha value is -0.820. The summed E-state index contributed by atoms with van der Waals surface area (Å²) in [5.74, 6) is 0. The van der Waals surface area contributed by atoms with E-state index in [1.165, 1.54) is 12.0 Å². The number of rotatable bonds is 1. The highest BCUT2D eigenvalue weighted by Gasteiger charge is 2.11. The molecule has 0 saturated carbocycles. The minimum absolute atomic E-state index is 0.207. The topological polar surface area (TPSA) is 26.0 Å². The standard InChI is InChI=1S/C9H13N.C3H8/c1-9(2,10)8-6-4-3-5-7-8;1-3-2/h3-7H,10H2,1-2H3;3H2,1-2H3. The highest BCUT2D eigenvalue weighted by molar-refractivity contribution is 5.21. The van der Waals surface area contributed by atoms with E-state index in [-0.39, 0.29) is 5.54 Å². The van der Waals surface area contributed by atoms with Crippen LogP contribution < -0.4 is 5.73 Å². The highest BCUT2D eigenvalue weighted by atomic mass is 14.7. The first-order chi connectivity index (χ1) is 6.02. The third kappa shape index (κ3) is 5.42. The maximum Gasteiger partial charge on any atom is 0.0352 e. The molecule has 0 radical (unpaired) electrons. The summed E-state index contributed by atoms with van der Waals surface area (Å²) in [5.41, 5.74) is 6.83. The molecule has 1 rings (SSSR count). The van der Waals surface area contributed by atoms with Gasteiger partial charge in [0.15, 0.2) is 0 Å². The van der Waals surface area contributed by atoms with Gasteiger partial charge in [-0.25, -0.2) is 0 Å². The third-order valence-electron chi connectivity index (χ3n) is 1.52. The van der Waals surface area contributed by atoms with Crippen LogP contribution >= 0.6 is 0 Å². The van der Waals surface area contributed by atoms with Crippen molar-refractivity contribution in [1.82, 2.24) is 0 Å². The van der Waals surface area contributed by atoms with Crippen molar-refractivity contribution in [3.8, 4) is 0 Å². The summed E-state index contributed by atoms with van der Waals surface area (Å²) in [6.45, 7) is 8.25. The van der Waals surface area contributed by atoms with Crippen molar-refractivity contribution in [3.63, 3.8) is 0 Å². The second-order valence-electron chi connectivity index (χ2n) is 3.79. The molecule has 0 heterocycles. The monoisotopic (exact) mass is 179 g/mol. The zero-order valence-corrected chi connectivity index (χ0v) is 9.17. The summed E-state index contributed by atoms with van der Waals surface area (Å²) < 4.78 is 0. The molecule has 0 aliphatic rings. The van der Waals surface area contributed by atoms with Gasteiger partial charge in [-0.15, -0.1) is 0 Å². The van der Waals surface area contributed by atoms with Crippen LogP contribution in [0.15, 0.2) is 30.3 Å². The Balaban J connectivity index is 0.000000424. The molecule has 1 heteroatoms. The van der Waals surface area contributed by atoms with Crippen LogP contribution in [0.4, 0.5) is 0 Å². The van der Waals surface area contributed by atoms with Crippen molar-refractivity contribution in [1.29, 1.82) is 0 Å². The Morgan fingerprint density at radius 2 is 1.46 bits per heavy atom. The first kappa shape index (κ1) is 12.2. The minimum atomic E-state index is -0.207. The van der Waals surface area contributed by atoms with E-state index >= 15 is 0 Å². The molecule has 0 saturated heterocycles. The Morgan fingerprint density at radius 3 is 1.69 bits per heavy atom. The minimum Gasteiger partial charge on any atom is -0.322 e. The van der Waals surface area contributed by atoms with Crippen LogP contribution in [-0.4, -0.2) is 0 Å². The summed E-state index contributed by atoms with van der Waals surface area (Å²) in [6.07, 6.45) is 1.25. The molecular weight excluding hydrogens is 158 g/mol. The number of hydrogen-bond donors (Lipinski definition) is 1. The maximum absolute atomic E-state index is 5.86. The number of hydrogen-bond acceptors (Lipinski definition) is 1. The van der Waals surface area contributed by atoms with Crippen LogP contribution in [0.3, 0.4) is 0 Å². The van der Waals surface area contributed by atoms with E-state index in [0.717, 1.165) is 0 Å². The fraction of sp³-hybridized carbons (Fsp3) is 0.500. The lowest BCUT2D eigenvalue weighted by Crippen LogP contribution is -2.28. The molecule has 13 heavy (non-hydrogen) atoms. The second-order valence-corrected chi connectivity index (χ2v) is 3.79. The predicted molar refractivity (Wildman–Crippen MR) is 59.6 cm³/mol. The fourth-order valence-corrected chi connectivity index (χ4v) is 0.868. The van der Waals surface area contributed by atoms with E-state index in [1.807, 2.05) is 44.2 Å². The Labute approximate surface area is 82.0 Å². The summed E-state index contributed by atoms with van der Waals surface area (Å²) in [4.78, 5) is 0. The molecule has 74 valence electrons. The van der Waals surface area contributed by atoms with Gasteiger partial charge in [0, 0.05) is 5.54 Å². The Bertz CT molecular complexity index is 208. The van der Waals surface area contributed by atoms with Crippen LogP contribution in [0.5, 0.6) is 0 Å². The molecule has 1 nitrogen and oxygen atoms in total. The van der Waals surface area contributed by atoms with Gasteiger partial charge in [-0.05, 0) is 19.4 Å². The van der Waals surface area contributed by atoms with Gasteiger partial charge < -0.3 is 5.73 Å². The van der Waals surface area contributed by atoms with Gasteiger partial charge in [0.2, 0.25) is 0 Å². The van der Waals surface area contributed by atoms with E-state index < -0.39 is 0 Å².